The maximum Gasteiger partial charge on any atom is 1.00 e. The minimum absolute atomic E-state index is 0. The monoisotopic (exact) mass is 258 g/mol. The fraction of sp³-hybridized carbons (Fsp3) is 0. The van der Waals surface area contributed by atoms with Crippen molar-refractivity contribution >= 4 is 7.82 Å². The summed E-state index contributed by atoms with van der Waals surface area (Å²) in [6, 6.07) is 0. The molecular weight excluding hydrogens is 246 g/mol. The Kier molecular flexibility index (Phi) is 105. The number of hydrogen-bond acceptors (Lipinski definition) is 1. The summed E-state index contributed by atoms with van der Waals surface area (Å²) in [6.07, 6.45) is 0. The van der Waals surface area contributed by atoms with Crippen LogP contribution in [0.5, 0.6) is 0 Å². The minimum atomic E-state index is -4.64. The van der Waals surface area contributed by atoms with Crippen LogP contribution in [0.3, 0.4) is 0 Å². The minimum Gasteiger partial charge on any atom is -1.00 e. The molecule has 0 aromatic heterocycles. The van der Waals surface area contributed by atoms with Crippen molar-refractivity contribution in [2.45, 2.75) is 0 Å². The van der Waals surface area contributed by atoms with Crippen LogP contribution in [0.2, 0.25) is 0 Å². The van der Waals surface area contributed by atoms with Crippen LogP contribution in [0.15, 0.2) is 0 Å². The van der Waals surface area contributed by atoms with Crippen molar-refractivity contribution in [2.75, 3.05) is 0 Å². The van der Waals surface area contributed by atoms with Crippen LogP contribution >= 0.6 is 7.82 Å². The van der Waals surface area contributed by atoms with Crippen LogP contribution in [-0.4, -0.2) is 36.6 Å². The molecular formula is H12KO8PTi. The van der Waals surface area contributed by atoms with E-state index in [1.807, 2.05) is 0 Å². The Morgan fingerprint density at radius 3 is 0.909 bits per heavy atom. The van der Waals surface area contributed by atoms with E-state index in [1.165, 1.54) is 0 Å². The molecule has 0 radical (unpaired) electrons. The fourth-order valence-electron chi connectivity index (χ4n) is 0. The van der Waals surface area contributed by atoms with Crippen molar-refractivity contribution in [2.24, 2.45) is 0 Å². The Morgan fingerprint density at radius 2 is 0.909 bits per heavy atom. The van der Waals surface area contributed by atoms with E-state index >= 15 is 0 Å². The average molecular weight is 258 g/mol. The number of rotatable bonds is 0. The van der Waals surface area contributed by atoms with E-state index in [0.29, 0.717) is 0 Å². The smallest absolute Gasteiger partial charge is 1.00 e. The quantitative estimate of drug-likeness (QED) is 0.286. The van der Waals surface area contributed by atoms with Gasteiger partial charge in [0.1, 0.15) is 0 Å². The first-order chi connectivity index (χ1) is 2.00. The first kappa shape index (κ1) is 50.7. The SMILES string of the molecule is O.O.O.O.O=P(O)(O)O.[H-].[K+].[Ti]. The molecule has 11 N–H and O–H groups in total. The maximum absolute atomic E-state index is 8.88. The van der Waals surface area contributed by atoms with E-state index in [4.69, 9.17) is 19.2 Å². The zero-order valence-electron chi connectivity index (χ0n) is 6.70. The molecule has 8 nitrogen and oxygen atoms in total. The van der Waals surface area contributed by atoms with Crippen molar-refractivity contribution in [3.8, 4) is 0 Å². The van der Waals surface area contributed by atoms with Crippen molar-refractivity contribution in [3.63, 3.8) is 0 Å². The van der Waals surface area contributed by atoms with Crippen molar-refractivity contribution in [1.82, 2.24) is 0 Å². The molecule has 0 rings (SSSR count). The van der Waals surface area contributed by atoms with Gasteiger partial charge in [0.2, 0.25) is 0 Å². The normalized spacial score (nSPS) is 5.36. The van der Waals surface area contributed by atoms with Gasteiger partial charge in [-0.2, -0.15) is 0 Å². The first-order valence-electron chi connectivity index (χ1n) is 0.783. The Balaban J connectivity index is -0.00000000381. The molecule has 0 amide bonds. The molecule has 0 aliphatic rings. The Labute approximate surface area is 122 Å². The maximum atomic E-state index is 8.88. The van der Waals surface area contributed by atoms with Gasteiger partial charge in [0.05, 0.1) is 0 Å². The van der Waals surface area contributed by atoms with Crippen LogP contribution < -0.4 is 51.4 Å². The second kappa shape index (κ2) is 22.8. The van der Waals surface area contributed by atoms with E-state index in [-0.39, 0.29) is 96.4 Å². The summed E-state index contributed by atoms with van der Waals surface area (Å²) in [4.78, 5) is 21.6. The molecule has 0 saturated carbocycles. The summed E-state index contributed by atoms with van der Waals surface area (Å²) in [6.45, 7) is 0. The third kappa shape index (κ3) is 247. The van der Waals surface area contributed by atoms with Crippen LogP contribution in [0.1, 0.15) is 1.43 Å². The van der Waals surface area contributed by atoms with Crippen LogP contribution in [0.25, 0.3) is 0 Å². The van der Waals surface area contributed by atoms with E-state index in [9.17, 15) is 0 Å². The Hall–Kier alpha value is 2.30. The molecule has 0 atom stereocenters. The van der Waals surface area contributed by atoms with Gasteiger partial charge < -0.3 is 38.0 Å². The summed E-state index contributed by atoms with van der Waals surface area (Å²) in [5.41, 5.74) is 0. The average Bonchev–Trinajstić information content (AvgIpc) is 0.722. The zero-order valence-corrected chi connectivity index (χ0v) is 11.3. The molecule has 0 aliphatic heterocycles. The van der Waals surface area contributed by atoms with E-state index in [0.717, 1.165) is 0 Å². The van der Waals surface area contributed by atoms with Gasteiger partial charge >= 0.3 is 59.2 Å². The van der Waals surface area contributed by atoms with Gasteiger partial charge in [0.25, 0.3) is 0 Å². The predicted octanol–water partition coefficient (Wildman–Crippen LogP) is -7.11. The molecule has 0 aliphatic carbocycles. The third-order valence-corrected chi connectivity index (χ3v) is 0. The molecule has 0 spiro atoms. The summed E-state index contributed by atoms with van der Waals surface area (Å²) >= 11 is 0. The van der Waals surface area contributed by atoms with E-state index in [2.05, 4.69) is 0 Å². The second-order valence-corrected chi connectivity index (χ2v) is 1.54. The van der Waals surface area contributed by atoms with Crippen LogP contribution in [-0.2, 0) is 26.3 Å². The number of hydrogen-bond donors (Lipinski definition) is 3. The Bertz CT molecular complexity index is 65.2. The Morgan fingerprint density at radius 1 is 0.909 bits per heavy atom. The molecule has 0 fully saturated rings. The standard InChI is InChI=1S/K.H3O4P.4H2O.Ti.H/c;1-5(2,3)4;;;;;;/h;(H3,1,2,3,4);4*1H2;;/q+1;;;;;;;-1. The van der Waals surface area contributed by atoms with E-state index < -0.39 is 7.82 Å². The largest absolute Gasteiger partial charge is 1.00 e. The summed E-state index contributed by atoms with van der Waals surface area (Å²) in [5, 5.41) is 0. The topological polar surface area (TPSA) is 204 Å². The van der Waals surface area contributed by atoms with Crippen molar-refractivity contribution in [3.05, 3.63) is 0 Å². The summed E-state index contributed by atoms with van der Waals surface area (Å²) in [5.74, 6) is 0. The van der Waals surface area contributed by atoms with Gasteiger partial charge in [-0.05, 0) is 0 Å². The van der Waals surface area contributed by atoms with Gasteiger partial charge in [-0.15, -0.1) is 0 Å². The van der Waals surface area contributed by atoms with Crippen LogP contribution in [0, 0.1) is 0 Å². The molecule has 0 heterocycles. The van der Waals surface area contributed by atoms with Gasteiger partial charge in [-0.3, -0.25) is 0 Å². The van der Waals surface area contributed by atoms with Crippen LogP contribution in [0.4, 0.5) is 0 Å². The predicted molar refractivity (Wildman–Crippen MR) is 29.8 cm³/mol. The van der Waals surface area contributed by atoms with Gasteiger partial charge in [-0.25, -0.2) is 4.57 Å². The molecule has 0 bridgehead atoms. The molecule has 0 aromatic carbocycles. The molecule has 11 heavy (non-hydrogen) atoms. The van der Waals surface area contributed by atoms with Gasteiger partial charge in [-0.1, -0.05) is 0 Å². The summed E-state index contributed by atoms with van der Waals surface area (Å²) in [7, 11) is -4.64. The second-order valence-electron chi connectivity index (χ2n) is 0.513. The molecule has 11 heteroatoms. The fourth-order valence-corrected chi connectivity index (χ4v) is 0. The molecule has 0 aromatic rings. The first-order valence-corrected chi connectivity index (χ1v) is 2.35. The van der Waals surface area contributed by atoms with E-state index in [1.54, 1.807) is 0 Å². The summed E-state index contributed by atoms with van der Waals surface area (Å²) < 4.78 is 8.88. The number of phosphoric acid groups is 1. The molecule has 70 valence electrons. The van der Waals surface area contributed by atoms with Gasteiger partial charge in [0.15, 0.2) is 0 Å². The third-order valence-electron chi connectivity index (χ3n) is 0. The van der Waals surface area contributed by atoms with Gasteiger partial charge in [0, 0.05) is 21.7 Å². The molecule has 0 saturated heterocycles. The zero-order chi connectivity index (χ0) is 4.50. The molecule has 0 unspecified atom stereocenters. The van der Waals surface area contributed by atoms with Crippen molar-refractivity contribution < 1.29 is 116 Å². The van der Waals surface area contributed by atoms with Crippen molar-refractivity contribution in [1.29, 1.82) is 0 Å².